The number of aliphatic imine (C=N–C) groups is 1. The molecule has 30 heavy (non-hydrogen) atoms. The number of likely N-dealkylation sites (tertiary alicyclic amines) is 1. The molecule has 0 spiro atoms. The van der Waals surface area contributed by atoms with Gasteiger partial charge in [-0.2, -0.15) is 5.10 Å². The van der Waals surface area contributed by atoms with Gasteiger partial charge in [0.2, 0.25) is 0 Å². The Balaban J connectivity index is 1.81. The number of amides is 2. The molecule has 0 aliphatic carbocycles. The second kappa shape index (κ2) is 8.94. The van der Waals surface area contributed by atoms with Crippen molar-refractivity contribution in [3.63, 3.8) is 0 Å². The standard InChI is InChI=1S/C22H28N6O2/c1-13-5-8-19(16-6-7-18-17(10-16)11-25-27-18)28(12-13)22(30)21(29)26-15(3)9-14(2)20(23)24-4/h6-7,9-11,13,19H,4-5,8,12,23H2,1-3H3,(H,25,27)(H,26,29)/b15-9+,20-14-/t13-,19+/m0/s1. The van der Waals surface area contributed by atoms with Crippen LogP contribution in [-0.4, -0.2) is 40.2 Å². The average Bonchev–Trinajstić information content (AvgIpc) is 3.20. The van der Waals surface area contributed by atoms with E-state index in [0.29, 0.717) is 23.7 Å². The minimum atomic E-state index is -0.662. The minimum Gasteiger partial charge on any atom is -0.384 e. The highest BCUT2D eigenvalue weighted by Gasteiger charge is 2.34. The van der Waals surface area contributed by atoms with Gasteiger partial charge in [-0.15, -0.1) is 0 Å². The smallest absolute Gasteiger partial charge is 0.313 e. The number of nitrogens with two attached hydrogens (primary N) is 1. The number of nitrogens with one attached hydrogen (secondary N) is 2. The Hall–Kier alpha value is -3.42. The highest BCUT2D eigenvalue weighted by Crippen LogP contribution is 2.34. The van der Waals surface area contributed by atoms with Crippen LogP contribution >= 0.6 is 0 Å². The molecule has 1 aliphatic heterocycles. The number of hydrogen-bond acceptors (Lipinski definition) is 5. The van der Waals surface area contributed by atoms with Gasteiger partial charge < -0.3 is 16.0 Å². The Morgan fingerprint density at radius 2 is 2.13 bits per heavy atom. The molecule has 3 rings (SSSR count). The first-order valence-corrected chi connectivity index (χ1v) is 9.96. The fourth-order valence-corrected chi connectivity index (χ4v) is 3.81. The van der Waals surface area contributed by atoms with Gasteiger partial charge in [-0.25, -0.2) is 4.99 Å². The molecular weight excluding hydrogens is 380 g/mol. The summed E-state index contributed by atoms with van der Waals surface area (Å²) in [4.78, 5) is 31.1. The highest BCUT2D eigenvalue weighted by atomic mass is 16.2. The first-order chi connectivity index (χ1) is 14.3. The van der Waals surface area contributed by atoms with Crippen LogP contribution < -0.4 is 11.1 Å². The number of rotatable bonds is 4. The van der Waals surface area contributed by atoms with Gasteiger partial charge >= 0.3 is 11.8 Å². The van der Waals surface area contributed by atoms with E-state index >= 15 is 0 Å². The number of aromatic amines is 1. The van der Waals surface area contributed by atoms with Gasteiger partial charge in [0.25, 0.3) is 0 Å². The number of nitrogens with zero attached hydrogens (tertiary/aromatic N) is 3. The van der Waals surface area contributed by atoms with Crippen LogP contribution in [0.1, 0.15) is 45.2 Å². The highest BCUT2D eigenvalue weighted by molar-refractivity contribution is 6.35. The van der Waals surface area contributed by atoms with E-state index in [9.17, 15) is 9.59 Å². The van der Waals surface area contributed by atoms with Crippen molar-refractivity contribution in [2.45, 2.75) is 39.7 Å². The lowest BCUT2D eigenvalue weighted by molar-refractivity contribution is -0.148. The predicted octanol–water partition coefficient (Wildman–Crippen LogP) is 2.77. The van der Waals surface area contributed by atoms with Crippen molar-refractivity contribution < 1.29 is 9.59 Å². The van der Waals surface area contributed by atoms with Crippen LogP contribution in [0.15, 0.2) is 52.6 Å². The monoisotopic (exact) mass is 408 g/mol. The summed E-state index contributed by atoms with van der Waals surface area (Å²) in [5.41, 5.74) is 8.83. The summed E-state index contributed by atoms with van der Waals surface area (Å²) in [5, 5.41) is 10.6. The molecule has 1 aromatic heterocycles. The van der Waals surface area contributed by atoms with Crippen molar-refractivity contribution in [1.82, 2.24) is 20.4 Å². The van der Waals surface area contributed by atoms with Crippen molar-refractivity contribution in [3.8, 4) is 0 Å². The molecule has 0 radical (unpaired) electrons. The molecule has 2 aromatic rings. The third-order valence-corrected chi connectivity index (χ3v) is 5.44. The molecule has 2 heterocycles. The first-order valence-electron chi connectivity index (χ1n) is 9.96. The Kier molecular flexibility index (Phi) is 6.34. The zero-order valence-corrected chi connectivity index (χ0v) is 17.6. The zero-order valence-electron chi connectivity index (χ0n) is 17.6. The van der Waals surface area contributed by atoms with Gasteiger partial charge in [-0.3, -0.25) is 14.7 Å². The number of benzene rings is 1. The Morgan fingerprint density at radius 3 is 2.87 bits per heavy atom. The minimum absolute atomic E-state index is 0.148. The Morgan fingerprint density at radius 1 is 1.37 bits per heavy atom. The maximum atomic E-state index is 13.1. The molecule has 1 saturated heterocycles. The molecule has 1 fully saturated rings. The van der Waals surface area contributed by atoms with Crippen LogP contribution in [0.3, 0.4) is 0 Å². The normalized spacial score (nSPS) is 20.6. The summed E-state index contributed by atoms with van der Waals surface area (Å²) in [7, 11) is 0. The Bertz CT molecular complexity index is 1040. The second-order valence-electron chi connectivity index (χ2n) is 7.88. The van der Waals surface area contributed by atoms with Crippen LogP contribution in [0.2, 0.25) is 0 Å². The van der Waals surface area contributed by atoms with Gasteiger partial charge in [-0.1, -0.05) is 13.0 Å². The van der Waals surface area contributed by atoms with Crippen molar-refractivity contribution in [3.05, 3.63) is 53.1 Å². The maximum absolute atomic E-state index is 13.1. The largest absolute Gasteiger partial charge is 0.384 e. The first kappa shape index (κ1) is 21.3. The van der Waals surface area contributed by atoms with Crippen molar-refractivity contribution in [2.75, 3.05) is 6.54 Å². The number of carbonyl (C=O) groups excluding carboxylic acids is 2. The third-order valence-electron chi connectivity index (χ3n) is 5.44. The molecular formula is C22H28N6O2. The molecule has 158 valence electrons. The van der Waals surface area contributed by atoms with Gasteiger partial charge in [0.15, 0.2) is 0 Å². The number of hydrogen-bond donors (Lipinski definition) is 3. The van der Waals surface area contributed by atoms with Gasteiger partial charge in [0, 0.05) is 17.6 Å². The number of H-pyrrole nitrogens is 1. The third kappa shape index (κ3) is 4.59. The molecule has 0 unspecified atom stereocenters. The van der Waals surface area contributed by atoms with E-state index in [4.69, 9.17) is 5.73 Å². The zero-order chi connectivity index (χ0) is 21.8. The maximum Gasteiger partial charge on any atom is 0.313 e. The molecule has 0 saturated carbocycles. The molecule has 8 nitrogen and oxygen atoms in total. The van der Waals surface area contributed by atoms with Crippen LogP contribution in [0.5, 0.6) is 0 Å². The van der Waals surface area contributed by atoms with Crippen LogP contribution in [0, 0.1) is 5.92 Å². The van der Waals surface area contributed by atoms with E-state index in [1.54, 1.807) is 31.0 Å². The summed E-state index contributed by atoms with van der Waals surface area (Å²) in [6, 6.07) is 5.83. The molecule has 8 heteroatoms. The topological polar surface area (TPSA) is 116 Å². The van der Waals surface area contributed by atoms with Crippen molar-refractivity contribution >= 4 is 29.4 Å². The fraction of sp³-hybridized carbons (Fsp3) is 0.364. The molecule has 1 aliphatic rings. The van der Waals surface area contributed by atoms with Crippen LogP contribution in [-0.2, 0) is 9.59 Å². The fourth-order valence-electron chi connectivity index (χ4n) is 3.81. The van der Waals surface area contributed by atoms with E-state index in [0.717, 1.165) is 29.3 Å². The van der Waals surface area contributed by atoms with Gasteiger partial charge in [-0.05, 0) is 68.7 Å². The second-order valence-corrected chi connectivity index (χ2v) is 7.88. The number of carbonyl (C=O) groups is 2. The molecule has 2 atom stereocenters. The predicted molar refractivity (Wildman–Crippen MR) is 117 cm³/mol. The number of fused-ring (bicyclic) bond motifs is 1. The molecule has 1 aromatic carbocycles. The van der Waals surface area contributed by atoms with Crippen LogP contribution in [0.4, 0.5) is 0 Å². The lowest BCUT2D eigenvalue weighted by Gasteiger charge is -2.38. The molecule has 0 bridgehead atoms. The average molecular weight is 409 g/mol. The van der Waals surface area contributed by atoms with Gasteiger partial charge in [0.1, 0.15) is 5.82 Å². The van der Waals surface area contributed by atoms with E-state index in [1.807, 2.05) is 18.2 Å². The van der Waals surface area contributed by atoms with Crippen molar-refractivity contribution in [1.29, 1.82) is 0 Å². The summed E-state index contributed by atoms with van der Waals surface area (Å²) in [6.45, 7) is 9.48. The van der Waals surface area contributed by atoms with Gasteiger partial charge in [0.05, 0.1) is 17.8 Å². The lowest BCUT2D eigenvalue weighted by Crippen LogP contribution is -2.48. The summed E-state index contributed by atoms with van der Waals surface area (Å²) < 4.78 is 0. The lowest BCUT2D eigenvalue weighted by atomic mass is 9.89. The van der Waals surface area contributed by atoms with E-state index in [1.165, 1.54) is 0 Å². The molecule has 2 amide bonds. The quantitative estimate of drug-likeness (QED) is 0.410. The molecule has 4 N–H and O–H groups in total. The van der Waals surface area contributed by atoms with E-state index in [-0.39, 0.29) is 11.9 Å². The number of aromatic nitrogens is 2. The van der Waals surface area contributed by atoms with E-state index in [2.05, 4.69) is 34.1 Å². The number of allylic oxidation sites excluding steroid dienone is 3. The number of piperidine rings is 1. The van der Waals surface area contributed by atoms with Crippen LogP contribution in [0.25, 0.3) is 10.9 Å². The summed E-state index contributed by atoms with van der Waals surface area (Å²) in [5.74, 6) is -0.598. The van der Waals surface area contributed by atoms with E-state index < -0.39 is 11.8 Å². The summed E-state index contributed by atoms with van der Waals surface area (Å²) >= 11 is 0. The summed E-state index contributed by atoms with van der Waals surface area (Å²) in [6.07, 6.45) is 5.23. The van der Waals surface area contributed by atoms with Crippen molar-refractivity contribution in [2.24, 2.45) is 16.6 Å². The SMILES string of the molecule is C=N/C(N)=C(C)\C=C(/C)NC(=O)C(=O)N1C[C@@H](C)CC[C@@H]1c1ccc2[nH]ncc2c1. The Labute approximate surface area is 175 Å².